The van der Waals surface area contributed by atoms with E-state index in [2.05, 4.69) is 10.2 Å². The number of carbonyl (C=O) groups excluding carboxylic acids is 1. The highest BCUT2D eigenvalue weighted by Crippen LogP contribution is 2.27. The number of nitrogens with zero attached hydrogens (tertiary/aromatic N) is 2. The van der Waals surface area contributed by atoms with Crippen LogP contribution in [0.5, 0.6) is 0 Å². The molecule has 0 aliphatic carbocycles. The normalized spacial score (nSPS) is 18.9. The number of amides is 1. The van der Waals surface area contributed by atoms with Crippen molar-refractivity contribution in [3.63, 3.8) is 0 Å². The Labute approximate surface area is 130 Å². The molecule has 5 nitrogen and oxygen atoms in total. The summed E-state index contributed by atoms with van der Waals surface area (Å²) in [6, 6.07) is 6.73. The van der Waals surface area contributed by atoms with Crippen molar-refractivity contribution in [2.45, 2.75) is 12.3 Å². The molecule has 2 aromatic rings. The molecule has 0 radical (unpaired) electrons. The highest BCUT2D eigenvalue weighted by atomic mass is 19.4. The fourth-order valence-corrected chi connectivity index (χ4v) is 2.45. The Hall–Kier alpha value is -2.35. The molecule has 1 aliphatic heterocycles. The number of ether oxygens (including phenoxy) is 1. The minimum atomic E-state index is -4.47. The van der Waals surface area contributed by atoms with Gasteiger partial charge >= 0.3 is 6.18 Å². The lowest BCUT2D eigenvalue weighted by molar-refractivity contribution is -0.233. The number of H-pyrrole nitrogens is 1. The second kappa shape index (κ2) is 6.04. The molecule has 8 heteroatoms. The van der Waals surface area contributed by atoms with Gasteiger partial charge in [0.25, 0.3) is 5.91 Å². The summed E-state index contributed by atoms with van der Waals surface area (Å²) in [6.07, 6.45) is -3.12. The van der Waals surface area contributed by atoms with Crippen molar-refractivity contribution in [1.29, 1.82) is 0 Å². The zero-order valence-corrected chi connectivity index (χ0v) is 12.0. The predicted molar refractivity (Wildman–Crippen MR) is 75.7 cm³/mol. The summed E-state index contributed by atoms with van der Waals surface area (Å²) in [5, 5.41) is 6.51. The predicted octanol–water partition coefficient (Wildman–Crippen LogP) is 2.48. The van der Waals surface area contributed by atoms with Gasteiger partial charge in [-0.3, -0.25) is 9.89 Å². The van der Waals surface area contributed by atoms with Gasteiger partial charge in [0, 0.05) is 23.9 Å². The van der Waals surface area contributed by atoms with E-state index in [1.54, 1.807) is 36.7 Å². The van der Waals surface area contributed by atoms with Gasteiger partial charge in [-0.05, 0) is 17.7 Å². The van der Waals surface area contributed by atoms with Gasteiger partial charge in [0.15, 0.2) is 6.10 Å². The van der Waals surface area contributed by atoms with E-state index in [1.807, 2.05) is 0 Å². The maximum atomic E-state index is 12.8. The zero-order valence-electron chi connectivity index (χ0n) is 12.0. The van der Waals surface area contributed by atoms with E-state index in [-0.39, 0.29) is 13.2 Å². The summed E-state index contributed by atoms with van der Waals surface area (Å²) >= 11 is 0. The van der Waals surface area contributed by atoms with Crippen LogP contribution in [0, 0.1) is 0 Å². The fourth-order valence-electron chi connectivity index (χ4n) is 2.45. The van der Waals surface area contributed by atoms with Crippen LogP contribution in [0.15, 0.2) is 36.7 Å². The largest absolute Gasteiger partial charge is 0.416 e. The standard InChI is InChI=1S/C15H14F3N3O2/c16-15(17,18)13-9-21(4-5-23-13)14(22)11-3-1-2-10(6-11)12-7-19-20-8-12/h1-3,6-8,13H,4-5,9H2,(H,19,20)/t13-/m1/s1. The maximum Gasteiger partial charge on any atom is 0.416 e. The van der Waals surface area contributed by atoms with E-state index in [4.69, 9.17) is 4.74 Å². The summed E-state index contributed by atoms with van der Waals surface area (Å²) in [7, 11) is 0. The molecule has 0 bridgehead atoms. The Bertz CT molecular complexity index is 686. The second-order valence-electron chi connectivity index (χ2n) is 5.22. The molecular weight excluding hydrogens is 311 g/mol. The number of carbonyl (C=O) groups is 1. The van der Waals surface area contributed by atoms with Gasteiger partial charge in [-0.1, -0.05) is 12.1 Å². The van der Waals surface area contributed by atoms with Crippen molar-refractivity contribution < 1.29 is 22.7 Å². The van der Waals surface area contributed by atoms with Crippen molar-refractivity contribution in [2.75, 3.05) is 19.7 Å². The van der Waals surface area contributed by atoms with Gasteiger partial charge in [0.2, 0.25) is 0 Å². The number of hydrogen-bond donors (Lipinski definition) is 1. The van der Waals surface area contributed by atoms with Gasteiger partial charge < -0.3 is 9.64 Å². The minimum Gasteiger partial charge on any atom is -0.365 e. The van der Waals surface area contributed by atoms with Crippen LogP contribution in [-0.2, 0) is 4.74 Å². The van der Waals surface area contributed by atoms with Crippen LogP contribution in [0.2, 0.25) is 0 Å². The first-order chi connectivity index (χ1) is 10.9. The SMILES string of the molecule is O=C(c1cccc(-c2cn[nH]c2)c1)N1CCO[C@@H](C(F)(F)F)C1. The molecule has 2 heterocycles. The Kier molecular flexibility index (Phi) is 4.08. The Morgan fingerprint density at radius 2 is 2.17 bits per heavy atom. The summed E-state index contributed by atoms with van der Waals surface area (Å²) in [5.41, 5.74) is 1.91. The van der Waals surface area contributed by atoms with Crippen LogP contribution in [-0.4, -0.2) is 53.0 Å². The molecule has 1 aromatic carbocycles. The van der Waals surface area contributed by atoms with Crippen molar-refractivity contribution in [1.82, 2.24) is 15.1 Å². The summed E-state index contributed by atoms with van der Waals surface area (Å²) in [5.74, 6) is -0.437. The maximum absolute atomic E-state index is 12.8. The van der Waals surface area contributed by atoms with Crippen LogP contribution in [0.25, 0.3) is 11.1 Å². The molecule has 0 saturated carbocycles. The van der Waals surface area contributed by atoms with Gasteiger partial charge in [0.05, 0.1) is 19.3 Å². The Balaban J connectivity index is 1.79. The molecule has 1 saturated heterocycles. The van der Waals surface area contributed by atoms with E-state index in [1.165, 1.54) is 4.90 Å². The molecule has 23 heavy (non-hydrogen) atoms. The van der Waals surface area contributed by atoms with E-state index in [9.17, 15) is 18.0 Å². The van der Waals surface area contributed by atoms with Gasteiger partial charge in [-0.25, -0.2) is 0 Å². The quantitative estimate of drug-likeness (QED) is 0.923. The van der Waals surface area contributed by atoms with Crippen molar-refractivity contribution in [2.24, 2.45) is 0 Å². The minimum absolute atomic E-state index is 0.128. The highest BCUT2D eigenvalue weighted by molar-refractivity contribution is 5.95. The van der Waals surface area contributed by atoms with Crippen LogP contribution in [0.4, 0.5) is 13.2 Å². The van der Waals surface area contributed by atoms with Crippen LogP contribution < -0.4 is 0 Å². The molecule has 1 fully saturated rings. The zero-order chi connectivity index (χ0) is 16.4. The molecule has 122 valence electrons. The number of morpholine rings is 1. The van der Waals surface area contributed by atoms with Crippen LogP contribution >= 0.6 is 0 Å². The number of benzene rings is 1. The monoisotopic (exact) mass is 325 g/mol. The Morgan fingerprint density at radius 3 is 2.87 bits per heavy atom. The molecular formula is C15H14F3N3O2. The first kappa shape index (κ1) is 15.5. The third-order valence-corrected chi connectivity index (χ3v) is 3.66. The lowest BCUT2D eigenvalue weighted by Gasteiger charge is -2.33. The lowest BCUT2D eigenvalue weighted by atomic mass is 10.1. The van der Waals surface area contributed by atoms with Crippen LogP contribution in [0.3, 0.4) is 0 Å². The number of nitrogens with one attached hydrogen (secondary N) is 1. The fraction of sp³-hybridized carbons (Fsp3) is 0.333. The highest BCUT2D eigenvalue weighted by Gasteiger charge is 2.44. The van der Waals surface area contributed by atoms with Crippen molar-refractivity contribution >= 4 is 5.91 Å². The molecule has 3 rings (SSSR count). The first-order valence-electron chi connectivity index (χ1n) is 7.02. The Morgan fingerprint density at radius 1 is 1.35 bits per heavy atom. The third-order valence-electron chi connectivity index (χ3n) is 3.66. The molecule has 0 spiro atoms. The number of aromatic nitrogens is 2. The summed E-state index contributed by atoms with van der Waals surface area (Å²) < 4.78 is 43.0. The first-order valence-corrected chi connectivity index (χ1v) is 7.02. The van der Waals surface area contributed by atoms with E-state index in [0.29, 0.717) is 5.56 Å². The van der Waals surface area contributed by atoms with E-state index in [0.717, 1.165) is 11.1 Å². The number of aromatic amines is 1. The molecule has 1 aliphatic rings. The average molecular weight is 325 g/mol. The molecule has 1 aromatic heterocycles. The number of rotatable bonds is 2. The molecule has 0 unspecified atom stereocenters. The van der Waals surface area contributed by atoms with Crippen molar-refractivity contribution in [3.05, 3.63) is 42.2 Å². The van der Waals surface area contributed by atoms with E-state index >= 15 is 0 Å². The average Bonchev–Trinajstić information content (AvgIpc) is 3.08. The third kappa shape index (κ3) is 3.37. The summed E-state index contributed by atoms with van der Waals surface area (Å²) in [4.78, 5) is 13.7. The summed E-state index contributed by atoms with van der Waals surface area (Å²) in [6.45, 7) is -0.475. The van der Waals surface area contributed by atoms with Crippen LogP contribution in [0.1, 0.15) is 10.4 Å². The molecule has 1 amide bonds. The second-order valence-corrected chi connectivity index (χ2v) is 5.22. The number of alkyl halides is 3. The lowest BCUT2D eigenvalue weighted by Crippen LogP contribution is -2.51. The number of hydrogen-bond acceptors (Lipinski definition) is 3. The van der Waals surface area contributed by atoms with Gasteiger partial charge in [-0.2, -0.15) is 18.3 Å². The van der Waals surface area contributed by atoms with Gasteiger partial charge in [0.1, 0.15) is 0 Å². The van der Waals surface area contributed by atoms with E-state index < -0.39 is 24.7 Å². The molecule has 1 N–H and O–H groups in total. The van der Waals surface area contributed by atoms with Gasteiger partial charge in [-0.15, -0.1) is 0 Å². The topological polar surface area (TPSA) is 58.2 Å². The number of halogens is 3. The van der Waals surface area contributed by atoms with Crippen molar-refractivity contribution in [3.8, 4) is 11.1 Å². The molecule has 1 atom stereocenters. The smallest absolute Gasteiger partial charge is 0.365 e.